The summed E-state index contributed by atoms with van der Waals surface area (Å²) >= 11 is 4.91. The van der Waals surface area contributed by atoms with Crippen molar-refractivity contribution in [2.45, 2.75) is 58.9 Å². The lowest BCUT2D eigenvalue weighted by atomic mass is 9.75. The molecule has 0 spiro atoms. The van der Waals surface area contributed by atoms with Gasteiger partial charge in [-0.15, -0.1) is 0 Å². The zero-order chi connectivity index (χ0) is 13.1. The smallest absolute Gasteiger partial charge is 0.230 e. The molecule has 1 amide bonds. The van der Waals surface area contributed by atoms with Gasteiger partial charge in [-0.1, -0.05) is 33.0 Å². The van der Waals surface area contributed by atoms with E-state index in [2.05, 4.69) is 19.2 Å². The molecule has 4 heteroatoms. The predicted molar refractivity (Wildman–Crippen MR) is 74.7 cm³/mol. The second-order valence-electron chi connectivity index (χ2n) is 5.81. The minimum absolute atomic E-state index is 0.00436. The zero-order valence-electron chi connectivity index (χ0n) is 11.1. The van der Waals surface area contributed by atoms with Gasteiger partial charge in [0.2, 0.25) is 5.91 Å². The Morgan fingerprint density at radius 3 is 2.41 bits per heavy atom. The number of nitrogens with two attached hydrogens (primary N) is 1. The van der Waals surface area contributed by atoms with E-state index in [1.54, 1.807) is 0 Å². The first kappa shape index (κ1) is 14.4. The van der Waals surface area contributed by atoms with E-state index in [4.69, 9.17) is 18.0 Å². The Labute approximate surface area is 110 Å². The quantitative estimate of drug-likeness (QED) is 0.759. The van der Waals surface area contributed by atoms with Crippen LogP contribution in [0.4, 0.5) is 0 Å². The number of carbonyl (C=O) groups is 1. The van der Waals surface area contributed by atoms with Crippen molar-refractivity contribution in [2.24, 2.45) is 17.1 Å². The molecule has 1 fully saturated rings. The van der Waals surface area contributed by atoms with Crippen LogP contribution in [0.25, 0.3) is 0 Å². The van der Waals surface area contributed by atoms with Gasteiger partial charge in [0.1, 0.15) is 0 Å². The van der Waals surface area contributed by atoms with Crippen LogP contribution >= 0.6 is 12.2 Å². The highest BCUT2D eigenvalue weighted by Crippen LogP contribution is 2.35. The summed E-state index contributed by atoms with van der Waals surface area (Å²) in [6.07, 6.45) is 5.14. The minimum Gasteiger partial charge on any atom is -0.393 e. The molecule has 0 aromatic rings. The molecule has 17 heavy (non-hydrogen) atoms. The minimum atomic E-state index is -0.306. The fraction of sp³-hybridized carbons (Fsp3) is 0.846. The van der Waals surface area contributed by atoms with E-state index in [-0.39, 0.29) is 11.8 Å². The molecule has 0 saturated heterocycles. The monoisotopic (exact) mass is 256 g/mol. The van der Waals surface area contributed by atoms with Gasteiger partial charge in [-0.05, 0) is 37.5 Å². The SMILES string of the molecule is CCC(C(=O)NC1CCC(C)(C)CC1)C(N)=S. The fourth-order valence-electron chi connectivity index (χ4n) is 2.36. The third-order valence-corrected chi connectivity index (χ3v) is 4.04. The van der Waals surface area contributed by atoms with Crippen LogP contribution in [0, 0.1) is 11.3 Å². The summed E-state index contributed by atoms with van der Waals surface area (Å²) in [7, 11) is 0. The van der Waals surface area contributed by atoms with E-state index >= 15 is 0 Å². The first-order valence-corrected chi connectivity index (χ1v) is 6.86. The number of nitrogens with one attached hydrogen (secondary N) is 1. The van der Waals surface area contributed by atoms with Crippen LogP contribution in [-0.4, -0.2) is 16.9 Å². The second-order valence-corrected chi connectivity index (χ2v) is 6.28. The molecule has 0 aliphatic heterocycles. The van der Waals surface area contributed by atoms with Gasteiger partial charge in [-0.3, -0.25) is 4.79 Å². The van der Waals surface area contributed by atoms with Gasteiger partial charge in [0.05, 0.1) is 10.9 Å². The number of carbonyl (C=O) groups excluding carboxylic acids is 1. The van der Waals surface area contributed by atoms with Crippen molar-refractivity contribution in [2.75, 3.05) is 0 Å². The standard InChI is InChI=1S/C13H24N2OS/c1-4-10(11(14)17)12(16)15-9-5-7-13(2,3)8-6-9/h9-10H,4-8H2,1-3H3,(H2,14,17)(H,15,16). The van der Waals surface area contributed by atoms with E-state index in [1.807, 2.05) is 6.92 Å². The molecule has 0 bridgehead atoms. The molecular weight excluding hydrogens is 232 g/mol. The van der Waals surface area contributed by atoms with Crippen LogP contribution < -0.4 is 11.1 Å². The molecule has 1 aliphatic carbocycles. The second kappa shape index (κ2) is 5.80. The van der Waals surface area contributed by atoms with Crippen molar-refractivity contribution < 1.29 is 4.79 Å². The molecular formula is C13H24N2OS. The van der Waals surface area contributed by atoms with Crippen molar-refractivity contribution in [1.82, 2.24) is 5.32 Å². The van der Waals surface area contributed by atoms with Gasteiger partial charge in [-0.2, -0.15) is 0 Å². The van der Waals surface area contributed by atoms with Gasteiger partial charge in [-0.25, -0.2) is 0 Å². The molecule has 3 nitrogen and oxygen atoms in total. The van der Waals surface area contributed by atoms with Crippen molar-refractivity contribution >= 4 is 23.1 Å². The van der Waals surface area contributed by atoms with E-state index in [9.17, 15) is 4.79 Å². The third-order valence-electron chi connectivity index (χ3n) is 3.75. The van der Waals surface area contributed by atoms with Crippen LogP contribution in [0.2, 0.25) is 0 Å². The van der Waals surface area contributed by atoms with Gasteiger partial charge in [0, 0.05) is 6.04 Å². The van der Waals surface area contributed by atoms with Gasteiger partial charge < -0.3 is 11.1 Å². The number of rotatable bonds is 4. The van der Waals surface area contributed by atoms with Crippen LogP contribution in [-0.2, 0) is 4.79 Å². The molecule has 1 aliphatic rings. The van der Waals surface area contributed by atoms with E-state index in [0.717, 1.165) is 12.8 Å². The van der Waals surface area contributed by atoms with Gasteiger partial charge in [0.25, 0.3) is 0 Å². The largest absolute Gasteiger partial charge is 0.393 e. The first-order valence-electron chi connectivity index (χ1n) is 6.45. The Balaban J connectivity index is 2.45. The number of thiocarbonyl (C=S) groups is 1. The molecule has 0 aromatic heterocycles. The summed E-state index contributed by atoms with van der Waals surface area (Å²) in [5.41, 5.74) is 5.99. The lowest BCUT2D eigenvalue weighted by molar-refractivity contribution is -0.124. The van der Waals surface area contributed by atoms with Crippen LogP contribution in [0.1, 0.15) is 52.9 Å². The summed E-state index contributed by atoms with van der Waals surface area (Å²) in [5, 5.41) is 3.08. The van der Waals surface area contributed by atoms with Crippen molar-refractivity contribution in [3.63, 3.8) is 0 Å². The Morgan fingerprint density at radius 1 is 1.47 bits per heavy atom. The maximum atomic E-state index is 12.0. The van der Waals surface area contributed by atoms with E-state index in [0.29, 0.717) is 22.9 Å². The first-order chi connectivity index (χ1) is 7.85. The predicted octanol–water partition coefficient (Wildman–Crippen LogP) is 2.38. The normalized spacial score (nSPS) is 21.8. The number of amides is 1. The summed E-state index contributed by atoms with van der Waals surface area (Å²) in [5.74, 6) is -0.301. The number of hydrogen-bond acceptors (Lipinski definition) is 2. The summed E-state index contributed by atoms with van der Waals surface area (Å²) in [6.45, 7) is 6.51. The zero-order valence-corrected chi connectivity index (χ0v) is 11.9. The Kier molecular flexibility index (Phi) is 4.92. The maximum absolute atomic E-state index is 12.0. The lowest BCUT2D eigenvalue weighted by Crippen LogP contribution is -2.44. The van der Waals surface area contributed by atoms with Crippen molar-refractivity contribution in [3.8, 4) is 0 Å². The molecule has 0 aromatic carbocycles. The van der Waals surface area contributed by atoms with E-state index in [1.165, 1.54) is 12.8 Å². The summed E-state index contributed by atoms with van der Waals surface area (Å²) in [6, 6.07) is 0.305. The summed E-state index contributed by atoms with van der Waals surface area (Å²) in [4.78, 5) is 12.3. The van der Waals surface area contributed by atoms with Gasteiger partial charge >= 0.3 is 0 Å². The Bertz CT molecular complexity index is 292. The number of hydrogen-bond donors (Lipinski definition) is 2. The molecule has 3 N–H and O–H groups in total. The van der Waals surface area contributed by atoms with Crippen LogP contribution in [0.3, 0.4) is 0 Å². The lowest BCUT2D eigenvalue weighted by Gasteiger charge is -2.35. The topological polar surface area (TPSA) is 55.1 Å². The third kappa shape index (κ3) is 4.26. The molecule has 1 rings (SSSR count). The van der Waals surface area contributed by atoms with Crippen LogP contribution in [0.5, 0.6) is 0 Å². The average Bonchev–Trinajstić information content (AvgIpc) is 2.21. The molecule has 0 heterocycles. The highest BCUT2D eigenvalue weighted by molar-refractivity contribution is 7.80. The molecule has 98 valence electrons. The molecule has 1 saturated carbocycles. The van der Waals surface area contributed by atoms with Crippen molar-refractivity contribution in [1.29, 1.82) is 0 Å². The Morgan fingerprint density at radius 2 is 2.00 bits per heavy atom. The maximum Gasteiger partial charge on any atom is 0.230 e. The van der Waals surface area contributed by atoms with E-state index < -0.39 is 0 Å². The molecule has 0 radical (unpaired) electrons. The average molecular weight is 256 g/mol. The highest BCUT2D eigenvalue weighted by Gasteiger charge is 2.29. The summed E-state index contributed by atoms with van der Waals surface area (Å²) < 4.78 is 0. The highest BCUT2D eigenvalue weighted by atomic mass is 32.1. The van der Waals surface area contributed by atoms with Gasteiger partial charge in [0.15, 0.2) is 0 Å². The molecule has 1 atom stereocenters. The fourth-order valence-corrected chi connectivity index (χ4v) is 2.63. The molecule has 1 unspecified atom stereocenters. The van der Waals surface area contributed by atoms with Crippen LogP contribution in [0.15, 0.2) is 0 Å². The van der Waals surface area contributed by atoms with Crippen molar-refractivity contribution in [3.05, 3.63) is 0 Å². The Hall–Kier alpha value is -0.640.